The minimum atomic E-state index is -2.49. The number of carbonyl (C=O) groups excluding carboxylic acids is 1. The summed E-state index contributed by atoms with van der Waals surface area (Å²) >= 11 is 0. The topological polar surface area (TPSA) is 103 Å². The van der Waals surface area contributed by atoms with Crippen molar-refractivity contribution in [2.45, 2.75) is 25.9 Å². The molecule has 3 aromatic rings. The SMILES string of the molecule is COC(=O)c1ccc(C2CN(CC(F)F)CCN2Cc2c(OC)cc(C)c3c2ccn3C(=O)O)c2c1OCCO2. The molecule has 40 heavy (non-hydrogen) atoms. The maximum absolute atomic E-state index is 13.4. The largest absolute Gasteiger partial charge is 0.496 e. The Labute approximate surface area is 229 Å². The molecule has 1 atom stereocenters. The number of nitrogens with zero attached hydrogens (tertiary/aromatic N) is 3. The first kappa shape index (κ1) is 27.7. The Morgan fingerprint density at radius 3 is 2.55 bits per heavy atom. The molecule has 1 fully saturated rings. The summed E-state index contributed by atoms with van der Waals surface area (Å²) in [7, 11) is 2.84. The fraction of sp³-hybridized carbons (Fsp3) is 0.429. The van der Waals surface area contributed by atoms with Gasteiger partial charge in [-0.2, -0.15) is 0 Å². The van der Waals surface area contributed by atoms with Gasteiger partial charge in [-0.3, -0.25) is 14.4 Å². The van der Waals surface area contributed by atoms with Crippen LogP contribution in [0.5, 0.6) is 17.2 Å². The average molecular weight is 560 g/mol. The van der Waals surface area contributed by atoms with Crippen molar-refractivity contribution in [3.8, 4) is 17.2 Å². The van der Waals surface area contributed by atoms with E-state index in [4.69, 9.17) is 18.9 Å². The number of aryl methyl sites for hydroxylation is 1. The maximum Gasteiger partial charge on any atom is 0.416 e. The number of alkyl halides is 2. The zero-order valence-corrected chi connectivity index (χ0v) is 22.5. The molecule has 3 heterocycles. The molecule has 214 valence electrons. The summed E-state index contributed by atoms with van der Waals surface area (Å²) in [6, 6.07) is 6.52. The van der Waals surface area contributed by atoms with E-state index in [0.717, 1.165) is 16.5 Å². The number of carboxylic acid groups (broad SMARTS) is 1. The van der Waals surface area contributed by atoms with Gasteiger partial charge in [-0.05, 0) is 30.7 Å². The third-order valence-electron chi connectivity index (χ3n) is 7.47. The van der Waals surface area contributed by atoms with Crippen LogP contribution in [0.3, 0.4) is 0 Å². The van der Waals surface area contributed by atoms with Crippen molar-refractivity contribution in [3.05, 3.63) is 52.7 Å². The van der Waals surface area contributed by atoms with Gasteiger partial charge in [0.25, 0.3) is 6.43 Å². The first-order valence-electron chi connectivity index (χ1n) is 12.9. The second kappa shape index (κ2) is 11.3. The molecule has 0 saturated carbocycles. The Bertz CT molecular complexity index is 1440. The molecule has 2 aliphatic heterocycles. The van der Waals surface area contributed by atoms with Crippen LogP contribution >= 0.6 is 0 Å². The number of hydrogen-bond acceptors (Lipinski definition) is 8. The van der Waals surface area contributed by atoms with Gasteiger partial charge in [-0.1, -0.05) is 6.07 Å². The van der Waals surface area contributed by atoms with Crippen molar-refractivity contribution in [1.29, 1.82) is 0 Å². The van der Waals surface area contributed by atoms with Crippen molar-refractivity contribution in [2.75, 3.05) is 53.6 Å². The van der Waals surface area contributed by atoms with Crippen molar-refractivity contribution in [1.82, 2.24) is 14.4 Å². The highest BCUT2D eigenvalue weighted by molar-refractivity contribution is 5.95. The van der Waals surface area contributed by atoms with Crippen LogP contribution in [0, 0.1) is 6.92 Å². The molecule has 12 heteroatoms. The van der Waals surface area contributed by atoms with Crippen LogP contribution in [-0.4, -0.2) is 91.6 Å². The molecule has 0 bridgehead atoms. The Morgan fingerprint density at radius 1 is 1.12 bits per heavy atom. The summed E-state index contributed by atoms with van der Waals surface area (Å²) in [5.41, 5.74) is 3.02. The third-order valence-corrected chi connectivity index (χ3v) is 7.47. The van der Waals surface area contributed by atoms with Crippen molar-refractivity contribution >= 4 is 23.0 Å². The second-order valence-electron chi connectivity index (χ2n) is 9.79. The number of benzene rings is 2. The number of aromatic nitrogens is 1. The molecule has 1 saturated heterocycles. The van der Waals surface area contributed by atoms with E-state index in [1.54, 1.807) is 30.2 Å². The average Bonchev–Trinajstić information content (AvgIpc) is 3.40. The molecule has 0 spiro atoms. The van der Waals surface area contributed by atoms with E-state index >= 15 is 0 Å². The van der Waals surface area contributed by atoms with Crippen LogP contribution in [0.1, 0.15) is 33.1 Å². The number of ether oxygens (including phenoxy) is 4. The Hall–Kier alpha value is -3.90. The Balaban J connectivity index is 1.60. The summed E-state index contributed by atoms with van der Waals surface area (Å²) in [6.45, 7) is 3.48. The molecule has 1 N–H and O–H groups in total. The predicted molar refractivity (Wildman–Crippen MR) is 141 cm³/mol. The molecule has 0 radical (unpaired) electrons. The molecule has 10 nitrogen and oxygen atoms in total. The Morgan fingerprint density at radius 2 is 1.88 bits per heavy atom. The van der Waals surface area contributed by atoms with Crippen LogP contribution in [0.15, 0.2) is 30.5 Å². The van der Waals surface area contributed by atoms with Gasteiger partial charge in [0.2, 0.25) is 0 Å². The quantitative estimate of drug-likeness (QED) is 0.428. The molecular formula is C28H31F2N3O7. The molecular weight excluding hydrogens is 528 g/mol. The summed E-state index contributed by atoms with van der Waals surface area (Å²) in [6.07, 6.45) is -2.08. The molecule has 0 aliphatic carbocycles. The van der Waals surface area contributed by atoms with Gasteiger partial charge in [0.1, 0.15) is 24.5 Å². The van der Waals surface area contributed by atoms with Gasteiger partial charge in [0, 0.05) is 48.9 Å². The number of fused-ring (bicyclic) bond motifs is 2. The summed E-state index contributed by atoms with van der Waals surface area (Å²) in [5, 5.41) is 10.4. The highest BCUT2D eigenvalue weighted by Crippen LogP contribution is 2.44. The lowest BCUT2D eigenvalue weighted by molar-refractivity contribution is 0.0230. The number of rotatable bonds is 7. The number of halogens is 2. The highest BCUT2D eigenvalue weighted by Gasteiger charge is 2.35. The third kappa shape index (κ3) is 5.04. The highest BCUT2D eigenvalue weighted by atomic mass is 19.3. The van der Waals surface area contributed by atoms with Gasteiger partial charge < -0.3 is 24.1 Å². The number of carbonyl (C=O) groups is 2. The standard InChI is InChI=1S/C28H31F2N3O7/c1-16-12-22(37-2)20(17-6-7-33(24(16)17)28(35)36)13-32-9-8-31(15-23(29)30)14-21(32)18-4-5-19(27(34)38-3)26-25(18)39-10-11-40-26/h4-7,12,21,23H,8-11,13-15H2,1-3H3,(H,35,36). The van der Waals surface area contributed by atoms with E-state index in [1.807, 2.05) is 13.0 Å². The number of methoxy groups -OCH3 is 2. The van der Waals surface area contributed by atoms with Crippen LogP contribution in [0.25, 0.3) is 10.9 Å². The van der Waals surface area contributed by atoms with Gasteiger partial charge in [0.15, 0.2) is 11.5 Å². The molecule has 5 rings (SSSR count). The van der Waals surface area contributed by atoms with E-state index in [9.17, 15) is 23.5 Å². The van der Waals surface area contributed by atoms with Crippen molar-refractivity contribution in [2.24, 2.45) is 0 Å². The van der Waals surface area contributed by atoms with Gasteiger partial charge in [-0.25, -0.2) is 18.4 Å². The van der Waals surface area contributed by atoms with E-state index in [-0.39, 0.29) is 37.6 Å². The van der Waals surface area contributed by atoms with Gasteiger partial charge in [0.05, 0.1) is 32.3 Å². The van der Waals surface area contributed by atoms with E-state index in [0.29, 0.717) is 42.2 Å². The second-order valence-corrected chi connectivity index (χ2v) is 9.79. The van der Waals surface area contributed by atoms with E-state index in [2.05, 4.69) is 4.90 Å². The number of hydrogen-bond donors (Lipinski definition) is 1. The molecule has 1 unspecified atom stereocenters. The zero-order valence-electron chi connectivity index (χ0n) is 22.5. The fourth-order valence-corrected chi connectivity index (χ4v) is 5.68. The smallest absolute Gasteiger partial charge is 0.416 e. The van der Waals surface area contributed by atoms with Gasteiger partial charge in [-0.15, -0.1) is 0 Å². The maximum atomic E-state index is 13.4. The summed E-state index contributed by atoms with van der Waals surface area (Å²) < 4.78 is 50.4. The zero-order chi connectivity index (χ0) is 28.6. The predicted octanol–water partition coefficient (Wildman–Crippen LogP) is 4.17. The first-order chi connectivity index (χ1) is 19.2. The Kier molecular flexibility index (Phi) is 7.81. The minimum Gasteiger partial charge on any atom is -0.496 e. The summed E-state index contributed by atoms with van der Waals surface area (Å²) in [5.74, 6) is 0.698. The molecule has 2 aliphatic rings. The summed E-state index contributed by atoms with van der Waals surface area (Å²) in [4.78, 5) is 28.1. The van der Waals surface area contributed by atoms with Crippen molar-refractivity contribution < 1.29 is 42.4 Å². The molecule has 2 aromatic carbocycles. The van der Waals surface area contributed by atoms with E-state index < -0.39 is 24.5 Å². The van der Waals surface area contributed by atoms with Crippen molar-refractivity contribution in [3.63, 3.8) is 0 Å². The van der Waals surface area contributed by atoms with E-state index in [1.165, 1.54) is 17.9 Å². The molecule has 0 amide bonds. The van der Waals surface area contributed by atoms with Crippen LogP contribution < -0.4 is 14.2 Å². The minimum absolute atomic E-state index is 0.227. The normalized spacial score (nSPS) is 17.8. The van der Waals surface area contributed by atoms with Crippen LogP contribution in [0.2, 0.25) is 0 Å². The number of esters is 1. The lowest BCUT2D eigenvalue weighted by atomic mass is 9.96. The molecule has 1 aromatic heterocycles. The van der Waals surface area contributed by atoms with Gasteiger partial charge >= 0.3 is 12.1 Å². The monoisotopic (exact) mass is 559 g/mol. The first-order valence-corrected chi connectivity index (χ1v) is 12.9. The lowest BCUT2D eigenvalue weighted by Gasteiger charge is -2.42. The lowest BCUT2D eigenvalue weighted by Crippen LogP contribution is -2.49. The fourth-order valence-electron chi connectivity index (χ4n) is 5.68. The number of piperazine rings is 1. The van der Waals surface area contributed by atoms with Crippen LogP contribution in [-0.2, 0) is 11.3 Å². The van der Waals surface area contributed by atoms with Crippen LogP contribution in [0.4, 0.5) is 13.6 Å².